The lowest BCUT2D eigenvalue weighted by Crippen LogP contribution is -2.37. The van der Waals surface area contributed by atoms with Crippen LogP contribution in [0.1, 0.15) is 13.8 Å². The molecule has 0 spiro atoms. The molecule has 0 bridgehead atoms. The quantitative estimate of drug-likeness (QED) is 0.662. The van der Waals surface area contributed by atoms with Crippen molar-refractivity contribution in [3.63, 3.8) is 0 Å². The van der Waals surface area contributed by atoms with Crippen LogP contribution >= 0.6 is 0 Å². The average molecular weight is 315 g/mol. The molecule has 21 heavy (non-hydrogen) atoms. The molecule has 0 fully saturated rings. The summed E-state index contributed by atoms with van der Waals surface area (Å²) < 4.78 is 31.6. The fraction of sp³-hybridized carbons (Fsp3) is 0.571. The maximum atomic E-state index is 11.8. The molecule has 0 amide bonds. The summed E-state index contributed by atoms with van der Waals surface area (Å²) in [4.78, 5) is 2.07. The van der Waals surface area contributed by atoms with Crippen LogP contribution in [0, 0.1) is 0 Å². The lowest BCUT2D eigenvalue weighted by molar-refractivity contribution is 0.278. The molecule has 0 saturated heterocycles. The number of rotatable bonds is 9. The van der Waals surface area contributed by atoms with E-state index in [0.717, 1.165) is 0 Å². The Hall–Kier alpha value is -1.31. The third kappa shape index (κ3) is 6.79. The lowest BCUT2D eigenvalue weighted by Gasteiger charge is -2.20. The van der Waals surface area contributed by atoms with Crippen molar-refractivity contribution in [2.75, 3.05) is 38.2 Å². The lowest BCUT2D eigenvalue weighted by atomic mass is 10.3. The molecule has 6 nitrogen and oxygen atoms in total. The summed E-state index contributed by atoms with van der Waals surface area (Å²) in [6.07, 6.45) is 0. The molecule has 0 saturated carbocycles. The van der Waals surface area contributed by atoms with Gasteiger partial charge >= 0.3 is 0 Å². The molecule has 0 aromatic heterocycles. The molecule has 1 aromatic rings. The van der Waals surface area contributed by atoms with Gasteiger partial charge in [-0.25, -0.2) is 13.1 Å². The Morgan fingerprint density at radius 3 is 2.62 bits per heavy atom. The van der Waals surface area contributed by atoms with Crippen LogP contribution in [-0.2, 0) is 10.0 Å². The van der Waals surface area contributed by atoms with E-state index >= 15 is 0 Å². The van der Waals surface area contributed by atoms with E-state index in [9.17, 15) is 8.42 Å². The highest BCUT2D eigenvalue weighted by Crippen LogP contribution is 2.19. The van der Waals surface area contributed by atoms with Gasteiger partial charge in [-0.3, -0.25) is 0 Å². The summed E-state index contributed by atoms with van der Waals surface area (Å²) in [5, 5.41) is 0. The highest BCUT2D eigenvalue weighted by Gasteiger charge is 2.11. The molecule has 0 aliphatic heterocycles. The third-order valence-corrected chi connectivity index (χ3v) is 4.54. The molecular formula is C14H25N3O3S. The van der Waals surface area contributed by atoms with Gasteiger partial charge in [0.15, 0.2) is 0 Å². The smallest absolute Gasteiger partial charge is 0.214 e. The molecule has 3 N–H and O–H groups in total. The molecule has 1 rings (SSSR count). The Kier molecular flexibility index (Phi) is 6.94. The standard InChI is InChI=1S/C14H25N3O3S/c1-12(2)17(3)9-8-16-21(18,19)11-10-20-14-7-5-4-6-13(14)15/h4-7,12,16H,8-11,15H2,1-3H3. The van der Waals surface area contributed by atoms with Crippen molar-refractivity contribution in [2.45, 2.75) is 19.9 Å². The molecule has 0 aliphatic carbocycles. The van der Waals surface area contributed by atoms with E-state index in [1.165, 1.54) is 0 Å². The van der Waals surface area contributed by atoms with E-state index in [4.69, 9.17) is 10.5 Å². The van der Waals surface area contributed by atoms with Crippen LogP contribution in [0.15, 0.2) is 24.3 Å². The number of sulfonamides is 1. The van der Waals surface area contributed by atoms with E-state index in [-0.39, 0.29) is 12.4 Å². The van der Waals surface area contributed by atoms with Gasteiger partial charge in [0.05, 0.1) is 11.4 Å². The Balaban J connectivity index is 2.32. The van der Waals surface area contributed by atoms with Gasteiger partial charge in [-0.15, -0.1) is 0 Å². The Bertz CT molecular complexity index is 532. The van der Waals surface area contributed by atoms with Gasteiger partial charge in [0.2, 0.25) is 10.0 Å². The van der Waals surface area contributed by atoms with Crippen molar-refractivity contribution in [2.24, 2.45) is 0 Å². The van der Waals surface area contributed by atoms with Crippen molar-refractivity contribution in [3.05, 3.63) is 24.3 Å². The number of para-hydroxylation sites is 2. The number of hydrogen-bond donors (Lipinski definition) is 2. The van der Waals surface area contributed by atoms with Gasteiger partial charge in [-0.2, -0.15) is 0 Å². The third-order valence-electron chi connectivity index (χ3n) is 3.20. The van der Waals surface area contributed by atoms with Crippen LogP contribution in [0.4, 0.5) is 5.69 Å². The van der Waals surface area contributed by atoms with Crippen molar-refractivity contribution in [1.29, 1.82) is 0 Å². The van der Waals surface area contributed by atoms with E-state index in [0.29, 0.717) is 30.6 Å². The van der Waals surface area contributed by atoms with Crippen LogP contribution in [0.3, 0.4) is 0 Å². The van der Waals surface area contributed by atoms with E-state index in [1.807, 2.05) is 7.05 Å². The first kappa shape index (κ1) is 17.7. The van der Waals surface area contributed by atoms with Crippen molar-refractivity contribution >= 4 is 15.7 Å². The zero-order valence-electron chi connectivity index (χ0n) is 12.9. The summed E-state index contributed by atoms with van der Waals surface area (Å²) >= 11 is 0. The minimum absolute atomic E-state index is 0.0730. The van der Waals surface area contributed by atoms with Crippen molar-refractivity contribution < 1.29 is 13.2 Å². The van der Waals surface area contributed by atoms with Crippen LogP contribution in [-0.4, -0.2) is 51.9 Å². The number of nitrogen functional groups attached to an aromatic ring is 1. The van der Waals surface area contributed by atoms with Crippen LogP contribution < -0.4 is 15.2 Å². The molecule has 7 heteroatoms. The van der Waals surface area contributed by atoms with Gasteiger partial charge in [0.1, 0.15) is 12.4 Å². The zero-order valence-corrected chi connectivity index (χ0v) is 13.7. The van der Waals surface area contributed by atoms with E-state index in [2.05, 4.69) is 23.5 Å². The summed E-state index contributed by atoms with van der Waals surface area (Å²) in [6.45, 7) is 5.26. The summed E-state index contributed by atoms with van der Waals surface area (Å²) in [6, 6.07) is 7.40. The van der Waals surface area contributed by atoms with Gasteiger partial charge < -0.3 is 15.4 Å². The molecule has 0 heterocycles. The number of likely N-dealkylation sites (N-methyl/N-ethyl adjacent to an activating group) is 1. The second-order valence-electron chi connectivity index (χ2n) is 5.17. The average Bonchev–Trinajstić information content (AvgIpc) is 2.40. The minimum atomic E-state index is -3.33. The summed E-state index contributed by atoms with van der Waals surface area (Å²) in [5.41, 5.74) is 6.22. The molecule has 0 atom stereocenters. The largest absolute Gasteiger partial charge is 0.490 e. The monoisotopic (exact) mass is 315 g/mol. The maximum Gasteiger partial charge on any atom is 0.214 e. The first-order chi connectivity index (χ1) is 9.82. The predicted molar refractivity (Wildman–Crippen MR) is 85.9 cm³/mol. The number of nitrogens with two attached hydrogens (primary N) is 1. The fourth-order valence-corrected chi connectivity index (χ4v) is 2.43. The van der Waals surface area contributed by atoms with Gasteiger partial charge in [-0.05, 0) is 33.0 Å². The number of ether oxygens (including phenoxy) is 1. The zero-order chi connectivity index (χ0) is 15.9. The summed E-state index contributed by atoms with van der Waals surface area (Å²) in [5.74, 6) is 0.416. The predicted octanol–water partition coefficient (Wildman–Crippen LogP) is 0.907. The van der Waals surface area contributed by atoms with Crippen LogP contribution in [0.2, 0.25) is 0 Å². The Labute approximate surface area is 127 Å². The highest BCUT2D eigenvalue weighted by molar-refractivity contribution is 7.89. The second-order valence-corrected chi connectivity index (χ2v) is 7.10. The maximum absolute atomic E-state index is 11.8. The Morgan fingerprint density at radius 2 is 2.00 bits per heavy atom. The minimum Gasteiger partial charge on any atom is -0.490 e. The first-order valence-electron chi connectivity index (χ1n) is 6.96. The van der Waals surface area contributed by atoms with E-state index < -0.39 is 10.0 Å². The van der Waals surface area contributed by atoms with Gasteiger partial charge in [-0.1, -0.05) is 12.1 Å². The molecule has 1 aromatic carbocycles. The first-order valence-corrected chi connectivity index (χ1v) is 8.62. The fourth-order valence-electron chi connectivity index (χ4n) is 1.58. The molecule has 120 valence electrons. The van der Waals surface area contributed by atoms with Crippen LogP contribution in [0.5, 0.6) is 5.75 Å². The normalized spacial score (nSPS) is 12.0. The second kappa shape index (κ2) is 8.21. The molecule has 0 unspecified atom stereocenters. The van der Waals surface area contributed by atoms with Gasteiger partial charge in [0.25, 0.3) is 0 Å². The highest BCUT2D eigenvalue weighted by atomic mass is 32.2. The number of nitrogens with one attached hydrogen (secondary N) is 1. The number of benzene rings is 1. The van der Waals surface area contributed by atoms with E-state index in [1.54, 1.807) is 24.3 Å². The van der Waals surface area contributed by atoms with Crippen LogP contribution in [0.25, 0.3) is 0 Å². The number of anilines is 1. The van der Waals surface area contributed by atoms with Crippen molar-refractivity contribution in [3.8, 4) is 5.75 Å². The van der Waals surface area contributed by atoms with Crippen molar-refractivity contribution in [1.82, 2.24) is 9.62 Å². The molecular weight excluding hydrogens is 290 g/mol. The molecule has 0 radical (unpaired) electrons. The summed E-state index contributed by atoms with van der Waals surface area (Å²) in [7, 11) is -1.37. The topological polar surface area (TPSA) is 84.7 Å². The number of hydrogen-bond acceptors (Lipinski definition) is 5. The SMILES string of the molecule is CC(C)N(C)CCNS(=O)(=O)CCOc1ccccc1N. The Morgan fingerprint density at radius 1 is 1.33 bits per heavy atom. The van der Waals surface area contributed by atoms with Gasteiger partial charge in [0, 0.05) is 19.1 Å². The number of nitrogens with zero attached hydrogens (tertiary/aromatic N) is 1. The molecule has 0 aliphatic rings.